The third-order valence-corrected chi connectivity index (χ3v) is 4.57. The van der Waals surface area contributed by atoms with Crippen molar-refractivity contribution in [2.75, 3.05) is 0 Å². The molecule has 4 rings (SSSR count). The third-order valence-electron chi connectivity index (χ3n) is 4.57. The molecule has 8 heteroatoms. The molecule has 1 saturated heterocycles. The van der Waals surface area contributed by atoms with Crippen LogP contribution in [-0.4, -0.2) is 22.8 Å². The lowest BCUT2D eigenvalue weighted by Gasteiger charge is -2.12. The fourth-order valence-electron chi connectivity index (χ4n) is 3.01. The van der Waals surface area contributed by atoms with Gasteiger partial charge >= 0.3 is 6.03 Å². The summed E-state index contributed by atoms with van der Waals surface area (Å²) in [4.78, 5) is 36.5. The molecule has 1 aromatic heterocycles. The van der Waals surface area contributed by atoms with Crippen molar-refractivity contribution in [3.05, 3.63) is 89.1 Å². The molecule has 1 N–H and O–H groups in total. The number of halogens is 1. The number of furan rings is 1. The minimum Gasteiger partial charge on any atom is -0.545 e. The number of benzene rings is 2. The molecule has 1 aliphatic heterocycles. The van der Waals surface area contributed by atoms with Crippen molar-refractivity contribution in [3.63, 3.8) is 0 Å². The van der Waals surface area contributed by atoms with Crippen molar-refractivity contribution in [2.24, 2.45) is 0 Å². The number of hydrogen-bond acceptors (Lipinski definition) is 5. The van der Waals surface area contributed by atoms with Gasteiger partial charge in [0.25, 0.3) is 5.91 Å². The van der Waals surface area contributed by atoms with Crippen LogP contribution in [0.3, 0.4) is 0 Å². The SMILES string of the molecule is O=C([O-])c1ccc(-c2ccc(/C=C3/NC(=O)N(Cc4ccccc4F)C3=O)o2)cc1. The summed E-state index contributed by atoms with van der Waals surface area (Å²) >= 11 is 0. The molecule has 3 aromatic rings. The molecule has 1 fully saturated rings. The van der Waals surface area contributed by atoms with Crippen molar-refractivity contribution in [1.29, 1.82) is 0 Å². The predicted octanol–water partition coefficient (Wildman–Crippen LogP) is 2.54. The third kappa shape index (κ3) is 3.70. The van der Waals surface area contributed by atoms with E-state index in [1.165, 1.54) is 36.4 Å². The Bertz CT molecular complexity index is 1180. The van der Waals surface area contributed by atoms with Gasteiger partial charge in [0, 0.05) is 17.2 Å². The Hall–Kier alpha value is -4.20. The van der Waals surface area contributed by atoms with Gasteiger partial charge in [-0.1, -0.05) is 42.5 Å². The molecule has 2 aromatic carbocycles. The number of carbonyl (C=O) groups is 3. The van der Waals surface area contributed by atoms with Crippen LogP contribution < -0.4 is 10.4 Å². The summed E-state index contributed by atoms with van der Waals surface area (Å²) in [6, 6.07) is 14.4. The number of urea groups is 1. The van der Waals surface area contributed by atoms with Crippen molar-refractivity contribution >= 4 is 24.0 Å². The van der Waals surface area contributed by atoms with Gasteiger partial charge in [-0.25, -0.2) is 9.18 Å². The van der Waals surface area contributed by atoms with E-state index < -0.39 is 23.7 Å². The minimum absolute atomic E-state index is 0.00420. The lowest BCUT2D eigenvalue weighted by Crippen LogP contribution is -2.30. The summed E-state index contributed by atoms with van der Waals surface area (Å²) in [7, 11) is 0. The number of carbonyl (C=O) groups excluding carboxylic acids is 3. The summed E-state index contributed by atoms with van der Waals surface area (Å²) in [5, 5.41) is 13.3. The van der Waals surface area contributed by atoms with E-state index in [9.17, 15) is 23.9 Å². The van der Waals surface area contributed by atoms with Crippen molar-refractivity contribution in [3.8, 4) is 11.3 Å². The molecule has 0 spiro atoms. The maximum absolute atomic E-state index is 13.8. The molecule has 1 aliphatic rings. The lowest BCUT2D eigenvalue weighted by atomic mass is 10.1. The first kappa shape index (κ1) is 19.1. The number of nitrogens with one attached hydrogen (secondary N) is 1. The molecular weight excluding hydrogens is 391 g/mol. The van der Waals surface area contributed by atoms with Gasteiger partial charge in [0.2, 0.25) is 0 Å². The van der Waals surface area contributed by atoms with Crippen LogP contribution in [0.1, 0.15) is 21.7 Å². The second-order valence-corrected chi connectivity index (χ2v) is 6.54. The fraction of sp³-hybridized carbons (Fsp3) is 0.0455. The topological polar surface area (TPSA) is 103 Å². The van der Waals surface area contributed by atoms with E-state index in [-0.39, 0.29) is 23.4 Å². The Morgan fingerprint density at radius 3 is 2.50 bits per heavy atom. The molecule has 3 amide bonds. The van der Waals surface area contributed by atoms with Gasteiger partial charge in [0.05, 0.1) is 12.5 Å². The maximum atomic E-state index is 13.8. The fourth-order valence-corrected chi connectivity index (χ4v) is 3.01. The minimum atomic E-state index is -1.28. The first-order valence-corrected chi connectivity index (χ1v) is 8.92. The van der Waals surface area contributed by atoms with Crippen molar-refractivity contribution in [2.45, 2.75) is 6.54 Å². The van der Waals surface area contributed by atoms with Crippen LogP contribution in [0.4, 0.5) is 9.18 Å². The van der Waals surface area contributed by atoms with E-state index in [2.05, 4.69) is 5.32 Å². The van der Waals surface area contributed by atoms with Gasteiger partial charge in [0.1, 0.15) is 23.0 Å². The molecule has 30 heavy (non-hydrogen) atoms. The number of carboxylic acid groups (broad SMARTS) is 1. The monoisotopic (exact) mass is 405 g/mol. The number of nitrogens with zero attached hydrogens (tertiary/aromatic N) is 1. The van der Waals surface area contributed by atoms with Crippen LogP contribution in [-0.2, 0) is 11.3 Å². The number of amides is 3. The second-order valence-electron chi connectivity index (χ2n) is 6.54. The van der Waals surface area contributed by atoms with Gasteiger partial charge in [-0.15, -0.1) is 0 Å². The molecule has 0 unspecified atom stereocenters. The lowest BCUT2D eigenvalue weighted by molar-refractivity contribution is -0.255. The second kappa shape index (κ2) is 7.67. The van der Waals surface area contributed by atoms with Crippen LogP contribution in [0.15, 0.2) is 70.8 Å². The van der Waals surface area contributed by atoms with Gasteiger partial charge in [-0.3, -0.25) is 9.69 Å². The van der Waals surface area contributed by atoms with Crippen molar-refractivity contribution in [1.82, 2.24) is 10.2 Å². The molecule has 0 aliphatic carbocycles. The van der Waals surface area contributed by atoms with Gasteiger partial charge in [-0.05, 0) is 23.8 Å². The van der Waals surface area contributed by atoms with Crippen LogP contribution in [0.25, 0.3) is 17.4 Å². The molecule has 7 nitrogen and oxygen atoms in total. The molecule has 0 atom stereocenters. The Morgan fingerprint density at radius 1 is 1.07 bits per heavy atom. The predicted molar refractivity (Wildman–Crippen MR) is 102 cm³/mol. The Balaban J connectivity index is 1.53. The van der Waals surface area contributed by atoms with E-state index in [1.54, 1.807) is 30.3 Å². The number of aromatic carboxylic acids is 1. The van der Waals surface area contributed by atoms with E-state index in [0.29, 0.717) is 17.1 Å². The highest BCUT2D eigenvalue weighted by Crippen LogP contribution is 2.25. The molecule has 0 bridgehead atoms. The van der Waals surface area contributed by atoms with Gasteiger partial charge < -0.3 is 19.6 Å². The summed E-state index contributed by atoms with van der Waals surface area (Å²) in [6.45, 7) is -0.192. The summed E-state index contributed by atoms with van der Waals surface area (Å²) < 4.78 is 19.5. The Morgan fingerprint density at radius 2 is 1.80 bits per heavy atom. The van der Waals surface area contributed by atoms with Crippen LogP contribution in [0.2, 0.25) is 0 Å². The first-order chi connectivity index (χ1) is 14.4. The van der Waals surface area contributed by atoms with E-state index in [4.69, 9.17) is 4.42 Å². The highest BCUT2D eigenvalue weighted by atomic mass is 19.1. The smallest absolute Gasteiger partial charge is 0.329 e. The van der Waals surface area contributed by atoms with E-state index in [0.717, 1.165) is 4.90 Å². The zero-order chi connectivity index (χ0) is 21.3. The molecular formula is C22H14FN2O5-. The molecule has 0 radical (unpaired) electrons. The summed E-state index contributed by atoms with van der Waals surface area (Å²) in [6.07, 6.45) is 1.38. The van der Waals surface area contributed by atoms with Crippen LogP contribution in [0, 0.1) is 5.82 Å². The number of imide groups is 1. The number of hydrogen-bond donors (Lipinski definition) is 1. The average Bonchev–Trinajstić information content (AvgIpc) is 3.30. The average molecular weight is 405 g/mol. The van der Waals surface area contributed by atoms with E-state index in [1.807, 2.05) is 0 Å². The Kier molecular flexibility index (Phi) is 4.89. The highest BCUT2D eigenvalue weighted by molar-refractivity contribution is 6.13. The normalized spacial score (nSPS) is 15.0. The number of rotatable bonds is 5. The first-order valence-electron chi connectivity index (χ1n) is 8.92. The van der Waals surface area contributed by atoms with Crippen LogP contribution >= 0.6 is 0 Å². The molecule has 150 valence electrons. The zero-order valence-corrected chi connectivity index (χ0v) is 15.4. The quantitative estimate of drug-likeness (QED) is 0.519. The van der Waals surface area contributed by atoms with Gasteiger partial charge in [-0.2, -0.15) is 0 Å². The van der Waals surface area contributed by atoms with E-state index >= 15 is 0 Å². The van der Waals surface area contributed by atoms with Crippen molar-refractivity contribution < 1.29 is 28.3 Å². The highest BCUT2D eigenvalue weighted by Gasteiger charge is 2.34. The Labute approximate surface area is 170 Å². The number of carboxylic acids is 1. The summed E-state index contributed by atoms with van der Waals surface area (Å²) in [5.41, 5.74) is 0.904. The van der Waals surface area contributed by atoms with Gasteiger partial charge in [0.15, 0.2) is 0 Å². The van der Waals surface area contributed by atoms with Crippen LogP contribution in [0.5, 0.6) is 0 Å². The largest absolute Gasteiger partial charge is 0.545 e. The maximum Gasteiger partial charge on any atom is 0.329 e. The summed E-state index contributed by atoms with van der Waals surface area (Å²) in [5.74, 6) is -1.62. The molecule has 2 heterocycles. The standard InChI is InChI=1S/C22H15FN2O5/c23-17-4-2-1-3-15(17)12-25-20(26)18(24-22(25)29)11-16-9-10-19(30-16)13-5-7-14(8-6-13)21(27)28/h1-11H,12H2,(H,24,29)(H,27,28)/p-1/b18-11+. The zero-order valence-electron chi connectivity index (χ0n) is 15.4. The molecule has 0 saturated carbocycles.